The number of carboxylic acid groups (broad SMARTS) is 1. The van der Waals surface area contributed by atoms with E-state index in [-0.39, 0.29) is 5.56 Å². The first-order valence-corrected chi connectivity index (χ1v) is 5.23. The van der Waals surface area contributed by atoms with Crippen molar-refractivity contribution in [1.82, 2.24) is 0 Å². The molecule has 17 heavy (non-hydrogen) atoms. The van der Waals surface area contributed by atoms with Crippen molar-refractivity contribution in [3.05, 3.63) is 54.6 Å². The van der Waals surface area contributed by atoms with Gasteiger partial charge in [0.25, 0.3) is 0 Å². The van der Waals surface area contributed by atoms with Gasteiger partial charge in [0.05, 0.1) is 0 Å². The van der Waals surface area contributed by atoms with Gasteiger partial charge in [-0.15, -0.1) is 0 Å². The van der Waals surface area contributed by atoms with Crippen molar-refractivity contribution in [3.8, 4) is 5.75 Å². The fraction of sp³-hybridized carbons (Fsp3) is 0.0714. The van der Waals surface area contributed by atoms with E-state index in [2.05, 4.69) is 6.58 Å². The van der Waals surface area contributed by atoms with Crippen LogP contribution in [0.3, 0.4) is 0 Å². The number of hydrogen-bond acceptors (Lipinski definition) is 2. The molecule has 2 rings (SSSR count). The van der Waals surface area contributed by atoms with Gasteiger partial charge in [-0.2, -0.15) is 0 Å². The minimum atomic E-state index is -0.985. The molecular formula is C14H12O3. The van der Waals surface area contributed by atoms with Crippen molar-refractivity contribution in [1.29, 1.82) is 0 Å². The zero-order valence-electron chi connectivity index (χ0n) is 9.22. The highest BCUT2D eigenvalue weighted by Gasteiger charge is 2.14. The van der Waals surface area contributed by atoms with E-state index >= 15 is 0 Å². The molecule has 0 unspecified atom stereocenters. The molecule has 0 atom stereocenters. The van der Waals surface area contributed by atoms with Crippen LogP contribution < -0.4 is 4.74 Å². The zero-order valence-corrected chi connectivity index (χ0v) is 9.22. The van der Waals surface area contributed by atoms with Gasteiger partial charge >= 0.3 is 5.97 Å². The lowest BCUT2D eigenvalue weighted by Crippen LogP contribution is -2.04. The minimum Gasteiger partial charge on any atom is -0.489 e. The summed E-state index contributed by atoms with van der Waals surface area (Å²) in [5.74, 6) is -0.614. The second-order valence-corrected chi connectivity index (χ2v) is 3.56. The van der Waals surface area contributed by atoms with Crippen molar-refractivity contribution in [2.75, 3.05) is 6.61 Å². The Kier molecular flexibility index (Phi) is 3.10. The van der Waals surface area contributed by atoms with Crippen molar-refractivity contribution >= 4 is 16.7 Å². The molecule has 3 heteroatoms. The molecule has 1 N–H and O–H groups in total. The van der Waals surface area contributed by atoms with E-state index in [1.807, 2.05) is 24.3 Å². The average Bonchev–Trinajstić information content (AvgIpc) is 2.35. The number of aromatic carboxylic acids is 1. The summed E-state index contributed by atoms with van der Waals surface area (Å²) in [6.45, 7) is 3.83. The summed E-state index contributed by atoms with van der Waals surface area (Å²) in [6, 6.07) is 10.9. The maximum absolute atomic E-state index is 11.3. The molecule has 0 saturated carbocycles. The molecule has 0 aliphatic heterocycles. The molecule has 0 aliphatic rings. The first-order chi connectivity index (χ1) is 8.24. The van der Waals surface area contributed by atoms with Crippen LogP contribution >= 0.6 is 0 Å². The van der Waals surface area contributed by atoms with Crippen LogP contribution in [0.5, 0.6) is 5.75 Å². The molecule has 0 saturated heterocycles. The monoisotopic (exact) mass is 228 g/mol. The summed E-state index contributed by atoms with van der Waals surface area (Å²) in [5, 5.41) is 10.8. The molecule has 0 aromatic heterocycles. The molecule has 86 valence electrons. The van der Waals surface area contributed by atoms with Crippen molar-refractivity contribution in [2.45, 2.75) is 0 Å². The molecule has 0 aliphatic carbocycles. The van der Waals surface area contributed by atoms with Crippen LogP contribution in [0.1, 0.15) is 10.4 Å². The maximum atomic E-state index is 11.3. The lowest BCUT2D eigenvalue weighted by Gasteiger charge is -2.09. The lowest BCUT2D eigenvalue weighted by molar-refractivity contribution is 0.0695. The number of benzene rings is 2. The van der Waals surface area contributed by atoms with E-state index in [9.17, 15) is 9.90 Å². The normalized spacial score (nSPS) is 10.1. The Bertz CT molecular complexity index is 573. The highest BCUT2D eigenvalue weighted by molar-refractivity contribution is 6.06. The van der Waals surface area contributed by atoms with Crippen molar-refractivity contribution in [2.24, 2.45) is 0 Å². The molecule has 0 bridgehead atoms. The second-order valence-electron chi connectivity index (χ2n) is 3.56. The highest BCUT2D eigenvalue weighted by Crippen LogP contribution is 2.28. The van der Waals surface area contributed by atoms with E-state index in [1.54, 1.807) is 18.2 Å². The molecule has 0 spiro atoms. The van der Waals surface area contributed by atoms with Gasteiger partial charge < -0.3 is 9.84 Å². The van der Waals surface area contributed by atoms with E-state index in [0.717, 1.165) is 5.39 Å². The van der Waals surface area contributed by atoms with E-state index < -0.39 is 5.97 Å². The Hall–Kier alpha value is -2.29. The smallest absolute Gasteiger partial charge is 0.340 e. The molecule has 0 radical (unpaired) electrons. The Balaban J connectivity index is 2.64. The first kappa shape index (κ1) is 11.2. The molecule has 2 aromatic carbocycles. The third kappa shape index (κ3) is 2.13. The quantitative estimate of drug-likeness (QED) is 0.818. The van der Waals surface area contributed by atoms with Crippen LogP contribution in [0.15, 0.2) is 49.1 Å². The van der Waals surface area contributed by atoms with Crippen LogP contribution in [0, 0.1) is 0 Å². The van der Waals surface area contributed by atoms with Crippen molar-refractivity contribution in [3.63, 3.8) is 0 Å². The van der Waals surface area contributed by atoms with Crippen LogP contribution in [-0.2, 0) is 0 Å². The maximum Gasteiger partial charge on any atom is 0.340 e. The van der Waals surface area contributed by atoms with Gasteiger partial charge in [0.1, 0.15) is 17.9 Å². The van der Waals surface area contributed by atoms with Crippen LogP contribution in [0.2, 0.25) is 0 Å². The Morgan fingerprint density at radius 1 is 1.29 bits per heavy atom. The van der Waals surface area contributed by atoms with Crippen molar-refractivity contribution < 1.29 is 14.6 Å². The SMILES string of the molecule is C=CCOc1ccc2ccccc2c1C(=O)O. The standard InChI is InChI=1S/C14H12O3/c1-2-9-17-12-8-7-10-5-3-4-6-11(10)13(12)14(15)16/h2-8H,1,9H2,(H,15,16). The Morgan fingerprint density at radius 3 is 2.76 bits per heavy atom. The molecule has 2 aromatic rings. The van der Waals surface area contributed by atoms with Gasteiger partial charge in [-0.05, 0) is 16.8 Å². The number of ether oxygens (including phenoxy) is 1. The van der Waals surface area contributed by atoms with E-state index in [4.69, 9.17) is 4.74 Å². The molecular weight excluding hydrogens is 216 g/mol. The summed E-state index contributed by atoms with van der Waals surface area (Å²) in [5.41, 5.74) is 0.199. The third-order valence-electron chi connectivity index (χ3n) is 2.46. The molecule has 0 fully saturated rings. The third-order valence-corrected chi connectivity index (χ3v) is 2.46. The lowest BCUT2D eigenvalue weighted by atomic mass is 10.0. The van der Waals surface area contributed by atoms with Crippen LogP contribution in [0.4, 0.5) is 0 Å². The zero-order chi connectivity index (χ0) is 12.3. The molecule has 3 nitrogen and oxygen atoms in total. The largest absolute Gasteiger partial charge is 0.489 e. The number of rotatable bonds is 4. The number of fused-ring (bicyclic) bond motifs is 1. The van der Waals surface area contributed by atoms with Gasteiger partial charge in [-0.3, -0.25) is 0 Å². The summed E-state index contributed by atoms with van der Waals surface area (Å²) in [7, 11) is 0. The predicted molar refractivity (Wildman–Crippen MR) is 66.6 cm³/mol. The Morgan fingerprint density at radius 2 is 2.06 bits per heavy atom. The number of carboxylic acids is 1. The van der Waals surface area contributed by atoms with Crippen LogP contribution in [-0.4, -0.2) is 17.7 Å². The minimum absolute atomic E-state index is 0.199. The van der Waals surface area contributed by atoms with E-state index in [0.29, 0.717) is 17.7 Å². The summed E-state index contributed by atoms with van der Waals surface area (Å²) in [4.78, 5) is 11.3. The van der Waals surface area contributed by atoms with Gasteiger partial charge in [0.15, 0.2) is 0 Å². The van der Waals surface area contributed by atoms with Gasteiger partial charge in [0, 0.05) is 0 Å². The first-order valence-electron chi connectivity index (χ1n) is 5.23. The molecule has 0 heterocycles. The number of hydrogen-bond donors (Lipinski definition) is 1. The highest BCUT2D eigenvalue weighted by atomic mass is 16.5. The van der Waals surface area contributed by atoms with Crippen LogP contribution in [0.25, 0.3) is 10.8 Å². The molecule has 0 amide bonds. The predicted octanol–water partition coefficient (Wildman–Crippen LogP) is 3.10. The number of carbonyl (C=O) groups is 1. The summed E-state index contributed by atoms with van der Waals surface area (Å²) < 4.78 is 5.36. The summed E-state index contributed by atoms with van der Waals surface area (Å²) in [6.07, 6.45) is 1.58. The topological polar surface area (TPSA) is 46.5 Å². The van der Waals surface area contributed by atoms with Gasteiger partial charge in [-0.25, -0.2) is 4.79 Å². The second kappa shape index (κ2) is 4.70. The fourth-order valence-electron chi connectivity index (χ4n) is 1.74. The summed E-state index contributed by atoms with van der Waals surface area (Å²) >= 11 is 0. The van der Waals surface area contributed by atoms with Gasteiger partial charge in [-0.1, -0.05) is 43.0 Å². The van der Waals surface area contributed by atoms with Gasteiger partial charge in [0.2, 0.25) is 0 Å². The Labute approximate surface area is 99.0 Å². The van der Waals surface area contributed by atoms with E-state index in [1.165, 1.54) is 0 Å². The average molecular weight is 228 g/mol. The fourth-order valence-corrected chi connectivity index (χ4v) is 1.74.